The molecule has 0 aliphatic carbocycles. The van der Waals surface area contributed by atoms with E-state index in [1.54, 1.807) is 11.3 Å². The molecule has 0 aliphatic heterocycles. The number of rotatable bonds is 2. The van der Waals surface area contributed by atoms with Crippen LogP contribution < -0.4 is 0 Å². The molecule has 0 aromatic carbocycles. The molecule has 15 heavy (non-hydrogen) atoms. The number of halogens is 1. The van der Waals surface area contributed by atoms with Crippen LogP contribution in [0.1, 0.15) is 24.0 Å². The van der Waals surface area contributed by atoms with Crippen LogP contribution in [0.5, 0.6) is 0 Å². The zero-order chi connectivity index (χ0) is 11.0. The molecule has 2 nitrogen and oxygen atoms in total. The first-order valence-electron chi connectivity index (χ1n) is 4.85. The van der Waals surface area contributed by atoms with Crippen LogP contribution >= 0.6 is 22.9 Å². The molecule has 0 radical (unpaired) electrons. The number of aromatic nitrogens is 2. The van der Waals surface area contributed by atoms with E-state index >= 15 is 0 Å². The Labute approximate surface area is 98.2 Å². The third-order valence-corrected chi connectivity index (χ3v) is 3.36. The summed E-state index contributed by atoms with van der Waals surface area (Å²) in [4.78, 5) is 5.55. The van der Waals surface area contributed by atoms with E-state index in [0.29, 0.717) is 0 Å². The lowest BCUT2D eigenvalue weighted by Crippen LogP contribution is -1.89. The lowest BCUT2D eigenvalue weighted by atomic mass is 10.3. The molecule has 1 unspecified atom stereocenters. The van der Waals surface area contributed by atoms with Gasteiger partial charge in [0, 0.05) is 16.5 Å². The Morgan fingerprint density at radius 2 is 2.27 bits per heavy atom. The van der Waals surface area contributed by atoms with Crippen LogP contribution in [0.4, 0.5) is 0 Å². The summed E-state index contributed by atoms with van der Waals surface area (Å²) in [6.45, 7) is 6.07. The van der Waals surface area contributed by atoms with E-state index in [0.717, 1.165) is 16.3 Å². The number of nitrogens with zero attached hydrogens (tertiary/aromatic N) is 2. The van der Waals surface area contributed by atoms with Gasteiger partial charge in [0.25, 0.3) is 0 Å². The number of alkyl halides is 1. The van der Waals surface area contributed by atoms with Crippen molar-refractivity contribution in [1.29, 1.82) is 0 Å². The summed E-state index contributed by atoms with van der Waals surface area (Å²) in [5.41, 5.74) is 3.41. The largest absolute Gasteiger partial charge is 0.288 e. The van der Waals surface area contributed by atoms with E-state index in [1.807, 2.05) is 26.0 Å². The minimum absolute atomic E-state index is 0.0499. The molecule has 0 saturated carbocycles. The Bertz CT molecular complexity index is 508. The van der Waals surface area contributed by atoms with Gasteiger partial charge in [-0.1, -0.05) is 6.08 Å². The van der Waals surface area contributed by atoms with Gasteiger partial charge in [-0.3, -0.25) is 4.40 Å². The van der Waals surface area contributed by atoms with E-state index < -0.39 is 0 Å². The predicted molar refractivity (Wildman–Crippen MR) is 66.9 cm³/mol. The fourth-order valence-electron chi connectivity index (χ4n) is 1.55. The Balaban J connectivity index is 2.57. The minimum atomic E-state index is 0.0499. The van der Waals surface area contributed by atoms with Crippen LogP contribution in [0.3, 0.4) is 0 Å². The Morgan fingerprint density at radius 3 is 2.93 bits per heavy atom. The first kappa shape index (κ1) is 10.7. The number of allylic oxidation sites excluding steroid dienone is 1. The maximum absolute atomic E-state index is 5.90. The van der Waals surface area contributed by atoms with Crippen LogP contribution in [-0.4, -0.2) is 14.8 Å². The first-order chi connectivity index (χ1) is 7.09. The van der Waals surface area contributed by atoms with Gasteiger partial charge in [0.2, 0.25) is 0 Å². The van der Waals surface area contributed by atoms with Crippen LogP contribution in [0, 0.1) is 13.8 Å². The fraction of sp³-hybridized carbons (Fsp3) is 0.364. The standard InChI is InChI=1S/C11H13ClN2S/c1-7(12)4-5-10-9(3)13-11-14(10)8(2)6-15-11/h4-7H,1-3H3/b5-4+. The molecule has 2 aromatic heterocycles. The SMILES string of the molecule is Cc1nc2scc(C)n2c1/C=C/C(C)Cl. The van der Waals surface area contributed by atoms with Gasteiger partial charge in [-0.05, 0) is 26.8 Å². The normalized spacial score (nSPS) is 14.1. The second-order valence-corrected chi connectivity index (χ2v) is 5.14. The highest BCUT2D eigenvalue weighted by Crippen LogP contribution is 2.21. The van der Waals surface area contributed by atoms with Gasteiger partial charge in [-0.25, -0.2) is 4.98 Å². The van der Waals surface area contributed by atoms with Crippen molar-refractivity contribution in [1.82, 2.24) is 9.38 Å². The van der Waals surface area contributed by atoms with Gasteiger partial charge in [0.15, 0.2) is 4.96 Å². The monoisotopic (exact) mass is 240 g/mol. The second-order valence-electron chi connectivity index (χ2n) is 3.61. The molecule has 0 saturated heterocycles. The fourth-order valence-corrected chi connectivity index (χ4v) is 2.54. The van der Waals surface area contributed by atoms with Crippen molar-refractivity contribution in [3.8, 4) is 0 Å². The molecule has 2 aromatic rings. The summed E-state index contributed by atoms with van der Waals surface area (Å²) in [6, 6.07) is 0. The van der Waals surface area contributed by atoms with E-state index in [1.165, 1.54) is 5.69 Å². The molecule has 0 spiro atoms. The highest BCUT2D eigenvalue weighted by molar-refractivity contribution is 7.15. The second kappa shape index (κ2) is 3.99. The molecule has 4 heteroatoms. The lowest BCUT2D eigenvalue weighted by Gasteiger charge is -1.97. The van der Waals surface area contributed by atoms with Crippen molar-refractivity contribution in [2.24, 2.45) is 0 Å². The summed E-state index contributed by atoms with van der Waals surface area (Å²) >= 11 is 7.57. The van der Waals surface area contributed by atoms with Gasteiger partial charge >= 0.3 is 0 Å². The summed E-state index contributed by atoms with van der Waals surface area (Å²) in [5.74, 6) is 0. The topological polar surface area (TPSA) is 17.3 Å². The third kappa shape index (κ3) is 1.94. The first-order valence-corrected chi connectivity index (χ1v) is 6.16. The molecule has 1 atom stereocenters. The van der Waals surface area contributed by atoms with Gasteiger partial charge in [0.1, 0.15) is 0 Å². The van der Waals surface area contributed by atoms with E-state index in [-0.39, 0.29) is 5.38 Å². The van der Waals surface area contributed by atoms with E-state index in [9.17, 15) is 0 Å². The van der Waals surface area contributed by atoms with Crippen LogP contribution in [0.2, 0.25) is 0 Å². The zero-order valence-corrected chi connectivity index (χ0v) is 10.6. The molecule has 0 bridgehead atoms. The summed E-state index contributed by atoms with van der Waals surface area (Å²) < 4.78 is 2.16. The van der Waals surface area contributed by atoms with Crippen LogP contribution in [-0.2, 0) is 0 Å². The maximum Gasteiger partial charge on any atom is 0.194 e. The number of aryl methyl sites for hydroxylation is 2. The van der Waals surface area contributed by atoms with Crippen molar-refractivity contribution in [2.45, 2.75) is 26.1 Å². The van der Waals surface area contributed by atoms with E-state index in [2.05, 4.69) is 21.7 Å². The van der Waals surface area contributed by atoms with Gasteiger partial charge in [0.05, 0.1) is 11.4 Å². The van der Waals surface area contributed by atoms with Crippen LogP contribution in [0.15, 0.2) is 11.5 Å². The quantitative estimate of drug-likeness (QED) is 0.733. The lowest BCUT2D eigenvalue weighted by molar-refractivity contribution is 1.10. The number of thiazole rings is 1. The Morgan fingerprint density at radius 1 is 1.53 bits per heavy atom. The van der Waals surface area contributed by atoms with Gasteiger partial charge in [-0.15, -0.1) is 22.9 Å². The highest BCUT2D eigenvalue weighted by atomic mass is 35.5. The number of fused-ring (bicyclic) bond motifs is 1. The molecule has 80 valence electrons. The molecule has 0 fully saturated rings. The molecule has 0 aliphatic rings. The number of hydrogen-bond acceptors (Lipinski definition) is 2. The van der Waals surface area contributed by atoms with Gasteiger partial charge in [-0.2, -0.15) is 0 Å². The molecule has 2 heterocycles. The molecule has 0 N–H and O–H groups in total. The highest BCUT2D eigenvalue weighted by Gasteiger charge is 2.09. The average Bonchev–Trinajstić information content (AvgIpc) is 2.64. The Kier molecular flexibility index (Phi) is 2.85. The Hall–Kier alpha value is -0.800. The third-order valence-electron chi connectivity index (χ3n) is 2.27. The predicted octanol–water partition coefficient (Wildman–Crippen LogP) is 3.65. The van der Waals surface area contributed by atoms with E-state index in [4.69, 9.17) is 11.6 Å². The number of imidazole rings is 1. The molecular weight excluding hydrogens is 228 g/mol. The van der Waals surface area contributed by atoms with Crippen LogP contribution in [0.25, 0.3) is 11.0 Å². The molecule has 2 rings (SSSR count). The smallest absolute Gasteiger partial charge is 0.194 e. The van der Waals surface area contributed by atoms with Crippen molar-refractivity contribution in [3.05, 3.63) is 28.5 Å². The van der Waals surface area contributed by atoms with Crippen molar-refractivity contribution in [3.63, 3.8) is 0 Å². The van der Waals surface area contributed by atoms with Gasteiger partial charge < -0.3 is 0 Å². The number of hydrogen-bond donors (Lipinski definition) is 0. The van der Waals surface area contributed by atoms with Crippen molar-refractivity contribution in [2.75, 3.05) is 0 Å². The zero-order valence-electron chi connectivity index (χ0n) is 8.99. The summed E-state index contributed by atoms with van der Waals surface area (Å²) in [7, 11) is 0. The average molecular weight is 241 g/mol. The molecule has 0 amide bonds. The summed E-state index contributed by atoms with van der Waals surface area (Å²) in [5, 5.41) is 2.16. The van der Waals surface area contributed by atoms with Crippen molar-refractivity contribution < 1.29 is 0 Å². The minimum Gasteiger partial charge on any atom is -0.288 e. The van der Waals surface area contributed by atoms with Crippen molar-refractivity contribution >= 4 is 34.0 Å². The maximum atomic E-state index is 5.90. The summed E-state index contributed by atoms with van der Waals surface area (Å²) in [6.07, 6.45) is 4.03. The molecular formula is C11H13ClN2S.